The maximum absolute atomic E-state index is 14.1. The molecule has 0 fully saturated rings. The van der Waals surface area contributed by atoms with Gasteiger partial charge < -0.3 is 15.0 Å². The van der Waals surface area contributed by atoms with E-state index in [1.54, 1.807) is 61.7 Å². The molecule has 0 aliphatic carbocycles. The maximum Gasteiger partial charge on any atom is 0.264 e. The Kier molecular flexibility index (Phi) is 11.3. The number of hydrogen-bond donors (Lipinski definition) is 1. The number of aryl methyl sites for hydroxylation is 2. The Morgan fingerprint density at radius 2 is 1.61 bits per heavy atom. The molecule has 0 aromatic heterocycles. The second-order valence-electron chi connectivity index (χ2n) is 10.1. The fourth-order valence-electron chi connectivity index (χ4n) is 4.50. The molecule has 3 aromatic carbocycles. The number of hydrogen-bond acceptors (Lipinski definition) is 5. The number of carbonyl (C=O) groups excluding carboxylic acids is 2. The van der Waals surface area contributed by atoms with Crippen LogP contribution in [0.1, 0.15) is 49.8 Å². The van der Waals surface area contributed by atoms with E-state index < -0.39 is 28.5 Å². The van der Waals surface area contributed by atoms with Gasteiger partial charge in [0.25, 0.3) is 10.0 Å². The van der Waals surface area contributed by atoms with Crippen molar-refractivity contribution < 1.29 is 22.7 Å². The molecule has 1 atom stereocenters. The first-order chi connectivity index (χ1) is 19.6. The average molecular weight is 580 g/mol. The van der Waals surface area contributed by atoms with Crippen LogP contribution >= 0.6 is 0 Å². The van der Waals surface area contributed by atoms with E-state index in [4.69, 9.17) is 4.74 Å². The molecule has 0 unspecified atom stereocenters. The molecule has 0 aliphatic rings. The lowest BCUT2D eigenvalue weighted by Gasteiger charge is -2.33. The van der Waals surface area contributed by atoms with Gasteiger partial charge in [0, 0.05) is 13.1 Å². The van der Waals surface area contributed by atoms with E-state index >= 15 is 0 Å². The lowest BCUT2D eigenvalue weighted by atomic mass is 10.1. The third-order valence-corrected chi connectivity index (χ3v) is 8.69. The number of benzene rings is 3. The molecular formula is C32H41N3O5S. The zero-order valence-corrected chi connectivity index (χ0v) is 25.4. The molecule has 0 radical (unpaired) electrons. The summed E-state index contributed by atoms with van der Waals surface area (Å²) in [6, 6.07) is 20.1. The molecule has 2 amide bonds. The molecule has 41 heavy (non-hydrogen) atoms. The van der Waals surface area contributed by atoms with Crippen LogP contribution in [0, 0.1) is 13.8 Å². The fourth-order valence-corrected chi connectivity index (χ4v) is 5.91. The number of sulfonamides is 1. The lowest BCUT2D eigenvalue weighted by molar-refractivity contribution is -0.140. The summed E-state index contributed by atoms with van der Waals surface area (Å²) in [5.74, 6) is -0.0624. The molecule has 220 valence electrons. The molecule has 3 rings (SSSR count). The standard InChI is InChI=1S/C32H41N3O5S/c1-6-8-20-33-32(37)30(7-2)34(22-26-14-16-28(40-5)17-15-26)31(36)23-35(27-11-9-10-25(4)21-27)41(38,39)29-18-12-24(3)13-19-29/h9-19,21,30H,6-8,20,22-23H2,1-5H3,(H,33,37)/t30-/m1/s1. The molecule has 8 nitrogen and oxygen atoms in total. The predicted molar refractivity (Wildman–Crippen MR) is 162 cm³/mol. The number of unbranched alkanes of at least 4 members (excludes halogenated alkanes) is 1. The predicted octanol–water partition coefficient (Wildman–Crippen LogP) is 5.23. The van der Waals surface area contributed by atoms with Crippen LogP contribution in [0.5, 0.6) is 5.75 Å². The summed E-state index contributed by atoms with van der Waals surface area (Å²) in [5, 5.41) is 2.94. The molecule has 0 heterocycles. The van der Waals surface area contributed by atoms with E-state index in [-0.39, 0.29) is 17.3 Å². The first kappa shape index (κ1) is 31.7. The van der Waals surface area contributed by atoms with E-state index in [1.165, 1.54) is 4.90 Å². The number of nitrogens with one attached hydrogen (secondary N) is 1. The first-order valence-corrected chi connectivity index (χ1v) is 15.4. The number of amides is 2. The van der Waals surface area contributed by atoms with Gasteiger partial charge in [-0.25, -0.2) is 8.42 Å². The smallest absolute Gasteiger partial charge is 0.264 e. The second kappa shape index (κ2) is 14.7. The van der Waals surface area contributed by atoms with Gasteiger partial charge in [-0.2, -0.15) is 0 Å². The second-order valence-corrected chi connectivity index (χ2v) is 12.0. The van der Waals surface area contributed by atoms with Gasteiger partial charge in [0.2, 0.25) is 11.8 Å². The number of carbonyl (C=O) groups is 2. The van der Waals surface area contributed by atoms with Crippen molar-refractivity contribution >= 4 is 27.5 Å². The van der Waals surface area contributed by atoms with Crippen LogP contribution in [0.15, 0.2) is 77.7 Å². The largest absolute Gasteiger partial charge is 0.497 e. The van der Waals surface area contributed by atoms with E-state index in [0.29, 0.717) is 24.4 Å². The van der Waals surface area contributed by atoms with Crippen molar-refractivity contribution in [3.63, 3.8) is 0 Å². The van der Waals surface area contributed by atoms with Gasteiger partial charge in [0.15, 0.2) is 0 Å². The zero-order chi connectivity index (χ0) is 30.0. The van der Waals surface area contributed by atoms with Crippen molar-refractivity contribution in [1.29, 1.82) is 0 Å². The van der Waals surface area contributed by atoms with Gasteiger partial charge in [-0.1, -0.05) is 62.2 Å². The summed E-state index contributed by atoms with van der Waals surface area (Å²) < 4.78 is 34.3. The Bertz CT molecular complexity index is 1410. The van der Waals surface area contributed by atoms with Crippen LogP contribution in [-0.4, -0.2) is 51.4 Å². The Morgan fingerprint density at radius 1 is 0.927 bits per heavy atom. The SMILES string of the molecule is CCCCNC(=O)[C@@H](CC)N(Cc1ccc(OC)cc1)C(=O)CN(c1cccc(C)c1)S(=O)(=O)c1ccc(C)cc1. The monoisotopic (exact) mass is 579 g/mol. The highest BCUT2D eigenvalue weighted by molar-refractivity contribution is 7.92. The van der Waals surface area contributed by atoms with Crippen LogP contribution in [0.2, 0.25) is 0 Å². The highest BCUT2D eigenvalue weighted by Gasteiger charge is 2.33. The van der Waals surface area contributed by atoms with Crippen LogP contribution in [0.4, 0.5) is 5.69 Å². The average Bonchev–Trinajstić information content (AvgIpc) is 2.96. The fraction of sp³-hybridized carbons (Fsp3) is 0.375. The van der Waals surface area contributed by atoms with Gasteiger partial charge in [-0.3, -0.25) is 13.9 Å². The summed E-state index contributed by atoms with van der Waals surface area (Å²) in [7, 11) is -2.52. The van der Waals surface area contributed by atoms with Crippen molar-refractivity contribution in [2.24, 2.45) is 0 Å². The normalized spacial score (nSPS) is 11.9. The van der Waals surface area contributed by atoms with Crippen molar-refractivity contribution in [3.05, 3.63) is 89.5 Å². The van der Waals surface area contributed by atoms with Gasteiger partial charge in [-0.05, 0) is 74.2 Å². The van der Waals surface area contributed by atoms with Gasteiger partial charge >= 0.3 is 0 Å². The number of methoxy groups -OCH3 is 1. The topological polar surface area (TPSA) is 96.0 Å². The minimum atomic E-state index is -4.10. The van der Waals surface area contributed by atoms with E-state index in [1.807, 2.05) is 45.9 Å². The summed E-state index contributed by atoms with van der Waals surface area (Å²) in [5.41, 5.74) is 2.95. The molecule has 0 bridgehead atoms. The Balaban J connectivity index is 2.03. The third-order valence-electron chi connectivity index (χ3n) is 6.90. The summed E-state index contributed by atoms with van der Waals surface area (Å²) in [6.07, 6.45) is 2.12. The highest BCUT2D eigenvalue weighted by Crippen LogP contribution is 2.26. The molecular weight excluding hydrogens is 538 g/mol. The van der Waals surface area contributed by atoms with Gasteiger partial charge in [0.1, 0.15) is 18.3 Å². The van der Waals surface area contributed by atoms with Gasteiger partial charge in [0.05, 0.1) is 17.7 Å². The molecule has 0 aliphatic heterocycles. The van der Waals surface area contributed by atoms with E-state index in [9.17, 15) is 18.0 Å². The molecule has 0 saturated heterocycles. The van der Waals surface area contributed by atoms with Crippen molar-refractivity contribution in [3.8, 4) is 5.75 Å². The number of ether oxygens (including phenoxy) is 1. The zero-order valence-electron chi connectivity index (χ0n) is 24.6. The van der Waals surface area contributed by atoms with E-state index in [2.05, 4.69) is 5.32 Å². The molecule has 9 heteroatoms. The minimum absolute atomic E-state index is 0.0865. The molecule has 1 N–H and O–H groups in total. The Labute approximate surface area is 244 Å². The number of nitrogens with zero attached hydrogens (tertiary/aromatic N) is 2. The van der Waals surface area contributed by atoms with Crippen LogP contribution < -0.4 is 14.4 Å². The summed E-state index contributed by atoms with van der Waals surface area (Å²) in [4.78, 5) is 29.0. The minimum Gasteiger partial charge on any atom is -0.497 e. The van der Waals surface area contributed by atoms with Crippen molar-refractivity contribution in [2.45, 2.75) is 64.4 Å². The van der Waals surface area contributed by atoms with Crippen LogP contribution in [-0.2, 0) is 26.2 Å². The van der Waals surface area contributed by atoms with Crippen LogP contribution in [0.3, 0.4) is 0 Å². The quantitative estimate of drug-likeness (QED) is 0.264. The summed E-state index contributed by atoms with van der Waals surface area (Å²) in [6.45, 7) is 7.81. The van der Waals surface area contributed by atoms with Crippen molar-refractivity contribution in [2.75, 3.05) is 24.5 Å². The summed E-state index contributed by atoms with van der Waals surface area (Å²) >= 11 is 0. The molecule has 0 spiro atoms. The molecule has 0 saturated carbocycles. The maximum atomic E-state index is 14.1. The van der Waals surface area contributed by atoms with Crippen LogP contribution in [0.25, 0.3) is 0 Å². The Hall–Kier alpha value is -3.85. The van der Waals surface area contributed by atoms with Crippen molar-refractivity contribution in [1.82, 2.24) is 10.2 Å². The lowest BCUT2D eigenvalue weighted by Crippen LogP contribution is -2.52. The van der Waals surface area contributed by atoms with E-state index in [0.717, 1.165) is 33.8 Å². The first-order valence-electron chi connectivity index (χ1n) is 14.0. The number of rotatable bonds is 14. The number of anilines is 1. The third kappa shape index (κ3) is 8.33. The highest BCUT2D eigenvalue weighted by atomic mass is 32.2. The Morgan fingerprint density at radius 3 is 2.20 bits per heavy atom. The van der Waals surface area contributed by atoms with Gasteiger partial charge in [-0.15, -0.1) is 0 Å². The molecule has 3 aromatic rings.